The molecule has 2 aromatic rings. The quantitative estimate of drug-likeness (QED) is 0.805. The second kappa shape index (κ2) is 4.96. The Morgan fingerprint density at radius 3 is 2.63 bits per heavy atom. The van der Waals surface area contributed by atoms with Crippen LogP contribution in [0.4, 0.5) is 8.78 Å². The van der Waals surface area contributed by atoms with Crippen LogP contribution in [-0.4, -0.2) is 9.55 Å². The lowest BCUT2D eigenvalue weighted by Crippen LogP contribution is -2.10. The Morgan fingerprint density at radius 1 is 1.05 bits per heavy atom. The van der Waals surface area contributed by atoms with Crippen molar-refractivity contribution in [1.82, 2.24) is 9.55 Å². The topological polar surface area (TPSA) is 17.8 Å². The van der Waals surface area contributed by atoms with Gasteiger partial charge in [-0.25, -0.2) is 13.8 Å². The third-order valence-electron chi connectivity index (χ3n) is 3.34. The van der Waals surface area contributed by atoms with E-state index in [0.29, 0.717) is 5.56 Å². The van der Waals surface area contributed by atoms with Crippen molar-refractivity contribution in [1.29, 1.82) is 0 Å². The van der Waals surface area contributed by atoms with Crippen LogP contribution in [0.25, 0.3) is 12.2 Å². The molecule has 98 valence electrons. The van der Waals surface area contributed by atoms with Gasteiger partial charge in [-0.15, -0.1) is 0 Å². The summed E-state index contributed by atoms with van der Waals surface area (Å²) in [6, 6.07) is 3.48. The van der Waals surface area contributed by atoms with Crippen molar-refractivity contribution >= 4 is 12.2 Å². The average molecular weight is 260 g/mol. The summed E-state index contributed by atoms with van der Waals surface area (Å²) in [5, 5.41) is 0. The standard InChI is InChI=1S/C15H14F2N2/c16-12-7-11(8-13(17)9-12)4-5-15-18-10-14-3-1-2-6-19(14)15/h4-5,7-10H,1-3,6H2/b5-4+. The zero-order valence-electron chi connectivity index (χ0n) is 10.4. The Balaban J connectivity index is 1.88. The molecule has 0 aliphatic carbocycles. The van der Waals surface area contributed by atoms with E-state index in [-0.39, 0.29) is 0 Å². The smallest absolute Gasteiger partial charge is 0.132 e. The van der Waals surface area contributed by atoms with Gasteiger partial charge >= 0.3 is 0 Å². The van der Waals surface area contributed by atoms with Crippen molar-refractivity contribution in [3.8, 4) is 0 Å². The first-order chi connectivity index (χ1) is 9.22. The van der Waals surface area contributed by atoms with Gasteiger partial charge < -0.3 is 4.57 Å². The van der Waals surface area contributed by atoms with Gasteiger partial charge in [0.2, 0.25) is 0 Å². The summed E-state index contributed by atoms with van der Waals surface area (Å²) in [6.45, 7) is 0.965. The number of aromatic nitrogens is 2. The third kappa shape index (κ3) is 2.57. The van der Waals surface area contributed by atoms with Crippen molar-refractivity contribution in [3.05, 3.63) is 53.1 Å². The predicted octanol–water partition coefficient (Wildman–Crippen LogP) is 3.67. The van der Waals surface area contributed by atoms with Gasteiger partial charge in [0.15, 0.2) is 0 Å². The summed E-state index contributed by atoms with van der Waals surface area (Å²) < 4.78 is 28.3. The van der Waals surface area contributed by atoms with E-state index in [1.165, 1.54) is 24.2 Å². The molecular weight excluding hydrogens is 246 g/mol. The molecule has 0 saturated carbocycles. The lowest BCUT2D eigenvalue weighted by molar-refractivity contribution is 0.529. The highest BCUT2D eigenvalue weighted by molar-refractivity contribution is 5.67. The molecule has 1 aromatic heterocycles. The molecule has 0 saturated heterocycles. The van der Waals surface area contributed by atoms with E-state index < -0.39 is 11.6 Å². The molecule has 19 heavy (non-hydrogen) atoms. The third-order valence-corrected chi connectivity index (χ3v) is 3.34. The Labute approximate surface area is 110 Å². The van der Waals surface area contributed by atoms with Gasteiger partial charge in [0, 0.05) is 24.5 Å². The van der Waals surface area contributed by atoms with E-state index in [1.54, 1.807) is 6.08 Å². The largest absolute Gasteiger partial charge is 0.329 e. The van der Waals surface area contributed by atoms with Gasteiger partial charge in [-0.1, -0.05) is 6.08 Å². The second-order valence-electron chi connectivity index (χ2n) is 4.75. The van der Waals surface area contributed by atoms with Crippen molar-refractivity contribution < 1.29 is 8.78 Å². The maximum Gasteiger partial charge on any atom is 0.132 e. The molecule has 1 aromatic carbocycles. The van der Waals surface area contributed by atoms with E-state index in [2.05, 4.69) is 9.55 Å². The Bertz CT molecular complexity index is 609. The minimum atomic E-state index is -0.565. The van der Waals surface area contributed by atoms with E-state index >= 15 is 0 Å². The van der Waals surface area contributed by atoms with E-state index in [1.807, 2.05) is 12.3 Å². The van der Waals surface area contributed by atoms with Gasteiger partial charge in [-0.2, -0.15) is 0 Å². The molecule has 1 aliphatic rings. The average Bonchev–Trinajstić information content (AvgIpc) is 2.78. The van der Waals surface area contributed by atoms with Crippen molar-refractivity contribution in [3.63, 3.8) is 0 Å². The van der Waals surface area contributed by atoms with Crippen LogP contribution in [-0.2, 0) is 13.0 Å². The predicted molar refractivity (Wildman–Crippen MR) is 70.5 cm³/mol. The summed E-state index contributed by atoms with van der Waals surface area (Å²) in [6.07, 6.45) is 8.78. The highest BCUT2D eigenvalue weighted by atomic mass is 19.1. The summed E-state index contributed by atoms with van der Waals surface area (Å²) in [5.74, 6) is -0.283. The van der Waals surface area contributed by atoms with Crippen LogP contribution in [0, 0.1) is 11.6 Å². The van der Waals surface area contributed by atoms with Crippen LogP contribution in [0.3, 0.4) is 0 Å². The number of hydrogen-bond acceptors (Lipinski definition) is 1. The monoisotopic (exact) mass is 260 g/mol. The molecular formula is C15H14F2N2. The maximum atomic E-state index is 13.1. The first-order valence-electron chi connectivity index (χ1n) is 6.41. The van der Waals surface area contributed by atoms with Crippen LogP contribution < -0.4 is 0 Å². The molecule has 4 heteroatoms. The molecule has 2 heterocycles. The molecule has 3 rings (SSSR count). The van der Waals surface area contributed by atoms with Gasteiger partial charge in [0.25, 0.3) is 0 Å². The lowest BCUT2D eigenvalue weighted by Gasteiger charge is -2.15. The summed E-state index contributed by atoms with van der Waals surface area (Å²) in [7, 11) is 0. The number of hydrogen-bond donors (Lipinski definition) is 0. The fourth-order valence-corrected chi connectivity index (χ4v) is 2.44. The molecule has 0 amide bonds. The van der Waals surface area contributed by atoms with E-state index in [4.69, 9.17) is 0 Å². The van der Waals surface area contributed by atoms with Crippen molar-refractivity contribution in [2.24, 2.45) is 0 Å². The number of imidazole rings is 1. The van der Waals surface area contributed by atoms with Crippen LogP contribution in [0.2, 0.25) is 0 Å². The van der Waals surface area contributed by atoms with Gasteiger partial charge in [-0.3, -0.25) is 0 Å². The molecule has 2 nitrogen and oxygen atoms in total. The first-order valence-corrected chi connectivity index (χ1v) is 6.41. The van der Waals surface area contributed by atoms with Crippen molar-refractivity contribution in [2.75, 3.05) is 0 Å². The molecule has 0 atom stereocenters. The Morgan fingerprint density at radius 2 is 1.84 bits per heavy atom. The van der Waals surface area contributed by atoms with E-state index in [0.717, 1.165) is 31.3 Å². The molecule has 1 aliphatic heterocycles. The second-order valence-corrected chi connectivity index (χ2v) is 4.75. The number of halogens is 2. The number of aryl methyl sites for hydroxylation is 1. The van der Waals surface area contributed by atoms with Gasteiger partial charge in [-0.05, 0) is 43.0 Å². The minimum Gasteiger partial charge on any atom is -0.329 e. The Kier molecular flexibility index (Phi) is 3.15. The van der Waals surface area contributed by atoms with Crippen LogP contribution in [0.5, 0.6) is 0 Å². The minimum absolute atomic E-state index is 0.505. The zero-order chi connectivity index (χ0) is 13.2. The van der Waals surface area contributed by atoms with Crippen LogP contribution in [0.1, 0.15) is 29.9 Å². The number of nitrogens with zero attached hydrogens (tertiary/aromatic N) is 2. The number of benzene rings is 1. The van der Waals surface area contributed by atoms with Crippen molar-refractivity contribution in [2.45, 2.75) is 25.8 Å². The number of fused-ring (bicyclic) bond motifs is 1. The summed E-state index contributed by atoms with van der Waals surface area (Å²) in [4.78, 5) is 4.35. The highest BCUT2D eigenvalue weighted by Gasteiger charge is 2.11. The molecule has 0 bridgehead atoms. The molecule has 0 radical (unpaired) electrons. The SMILES string of the molecule is Fc1cc(F)cc(/C=C/c2ncc3n2CCCC3)c1. The van der Waals surface area contributed by atoms with E-state index in [9.17, 15) is 8.78 Å². The van der Waals surface area contributed by atoms with Crippen LogP contribution >= 0.6 is 0 Å². The van der Waals surface area contributed by atoms with Gasteiger partial charge in [0.05, 0.1) is 0 Å². The first kappa shape index (κ1) is 12.1. The normalized spacial score (nSPS) is 14.8. The Hall–Kier alpha value is -1.97. The summed E-state index contributed by atoms with van der Waals surface area (Å²) >= 11 is 0. The lowest BCUT2D eigenvalue weighted by atomic mass is 10.1. The van der Waals surface area contributed by atoms with Gasteiger partial charge in [0.1, 0.15) is 17.5 Å². The highest BCUT2D eigenvalue weighted by Crippen LogP contribution is 2.18. The molecule has 0 unspecified atom stereocenters. The molecule has 0 spiro atoms. The molecule has 0 N–H and O–H groups in total. The maximum absolute atomic E-state index is 13.1. The zero-order valence-corrected chi connectivity index (χ0v) is 10.4. The summed E-state index contributed by atoms with van der Waals surface area (Å²) in [5.41, 5.74) is 1.74. The molecule has 0 fully saturated rings. The fourth-order valence-electron chi connectivity index (χ4n) is 2.44. The number of rotatable bonds is 2. The van der Waals surface area contributed by atoms with Crippen LogP contribution in [0.15, 0.2) is 24.4 Å². The fraction of sp³-hybridized carbons (Fsp3) is 0.267.